The van der Waals surface area contributed by atoms with Gasteiger partial charge in [-0.15, -0.1) is 0 Å². The SMILES string of the molecule is O=C(COc1ccc(-c2ccccc2)cc1)N1CCC(S(=O)(=O)c2ccccc2)CC1. The Morgan fingerprint density at radius 2 is 1.35 bits per heavy atom. The molecule has 1 fully saturated rings. The quantitative estimate of drug-likeness (QED) is 0.582. The van der Waals surface area contributed by atoms with Gasteiger partial charge in [-0.05, 0) is 48.2 Å². The van der Waals surface area contributed by atoms with Crippen LogP contribution in [-0.4, -0.2) is 44.2 Å². The van der Waals surface area contributed by atoms with Crippen molar-refractivity contribution < 1.29 is 17.9 Å². The molecule has 0 aromatic heterocycles. The lowest BCUT2D eigenvalue weighted by atomic mass is 10.1. The fourth-order valence-electron chi connectivity index (χ4n) is 3.83. The molecule has 1 heterocycles. The van der Waals surface area contributed by atoms with Gasteiger partial charge >= 0.3 is 0 Å². The number of hydrogen-bond acceptors (Lipinski definition) is 4. The van der Waals surface area contributed by atoms with E-state index < -0.39 is 15.1 Å². The van der Waals surface area contributed by atoms with Crippen LogP contribution in [0.5, 0.6) is 5.75 Å². The highest BCUT2D eigenvalue weighted by Gasteiger charge is 2.32. The maximum atomic E-state index is 12.8. The van der Waals surface area contributed by atoms with Gasteiger partial charge in [-0.1, -0.05) is 60.7 Å². The third-order valence-corrected chi connectivity index (χ3v) is 7.91. The Balaban J connectivity index is 1.29. The van der Waals surface area contributed by atoms with Crippen molar-refractivity contribution in [2.24, 2.45) is 0 Å². The molecular weight excluding hydrogens is 410 g/mol. The highest BCUT2D eigenvalue weighted by Crippen LogP contribution is 2.25. The number of hydrogen-bond donors (Lipinski definition) is 0. The third-order valence-electron chi connectivity index (χ3n) is 5.63. The van der Waals surface area contributed by atoms with Gasteiger partial charge in [0.1, 0.15) is 5.75 Å². The van der Waals surface area contributed by atoms with Crippen LogP contribution in [0.25, 0.3) is 11.1 Å². The summed E-state index contributed by atoms with van der Waals surface area (Å²) in [5.74, 6) is 0.511. The van der Waals surface area contributed by atoms with Crippen LogP contribution in [0.1, 0.15) is 12.8 Å². The van der Waals surface area contributed by atoms with Crippen molar-refractivity contribution in [3.8, 4) is 16.9 Å². The maximum Gasteiger partial charge on any atom is 0.260 e. The second-order valence-electron chi connectivity index (χ2n) is 7.62. The van der Waals surface area contributed by atoms with Crippen molar-refractivity contribution in [1.29, 1.82) is 0 Å². The van der Waals surface area contributed by atoms with Crippen LogP contribution in [0.15, 0.2) is 89.8 Å². The van der Waals surface area contributed by atoms with Gasteiger partial charge in [0.2, 0.25) is 0 Å². The number of likely N-dealkylation sites (tertiary alicyclic amines) is 1. The monoisotopic (exact) mass is 435 g/mol. The molecule has 3 aromatic carbocycles. The topological polar surface area (TPSA) is 63.7 Å². The molecule has 0 aliphatic carbocycles. The van der Waals surface area contributed by atoms with Gasteiger partial charge < -0.3 is 9.64 Å². The summed E-state index contributed by atoms with van der Waals surface area (Å²) in [6.07, 6.45) is 0.878. The molecule has 0 spiro atoms. The molecule has 3 aromatic rings. The Hall–Kier alpha value is -3.12. The van der Waals surface area contributed by atoms with Gasteiger partial charge in [0, 0.05) is 13.1 Å². The van der Waals surface area contributed by atoms with E-state index in [1.54, 1.807) is 35.2 Å². The van der Waals surface area contributed by atoms with Gasteiger partial charge in [0.15, 0.2) is 16.4 Å². The lowest BCUT2D eigenvalue weighted by Gasteiger charge is -2.31. The predicted molar refractivity (Wildman–Crippen MR) is 121 cm³/mol. The Morgan fingerprint density at radius 1 is 0.806 bits per heavy atom. The molecule has 4 rings (SSSR count). The van der Waals surface area contributed by atoms with E-state index in [1.807, 2.05) is 54.6 Å². The van der Waals surface area contributed by atoms with Gasteiger partial charge in [0.05, 0.1) is 10.1 Å². The Kier molecular flexibility index (Phi) is 6.37. The fraction of sp³-hybridized carbons (Fsp3) is 0.240. The molecule has 0 atom stereocenters. The molecule has 1 saturated heterocycles. The summed E-state index contributed by atoms with van der Waals surface area (Å²) in [5.41, 5.74) is 2.21. The molecule has 0 radical (unpaired) electrons. The standard InChI is InChI=1S/C25H25NO4S/c27-25(19-30-22-13-11-21(12-14-22)20-7-3-1-4-8-20)26-17-15-24(16-18-26)31(28,29)23-9-5-2-6-10-23/h1-14,24H,15-19H2. The van der Waals surface area contributed by atoms with Crippen LogP contribution in [0, 0.1) is 0 Å². The van der Waals surface area contributed by atoms with Crippen molar-refractivity contribution in [3.63, 3.8) is 0 Å². The molecule has 160 valence electrons. The summed E-state index contributed by atoms with van der Waals surface area (Å²) < 4.78 is 31.2. The van der Waals surface area contributed by atoms with E-state index in [9.17, 15) is 13.2 Å². The summed E-state index contributed by atoms with van der Waals surface area (Å²) in [5, 5.41) is -0.453. The lowest BCUT2D eigenvalue weighted by molar-refractivity contribution is -0.134. The summed E-state index contributed by atoms with van der Waals surface area (Å²) in [7, 11) is -3.36. The molecule has 31 heavy (non-hydrogen) atoms. The van der Waals surface area contributed by atoms with Crippen molar-refractivity contribution in [3.05, 3.63) is 84.9 Å². The van der Waals surface area contributed by atoms with E-state index in [0.717, 1.165) is 11.1 Å². The van der Waals surface area contributed by atoms with E-state index >= 15 is 0 Å². The highest BCUT2D eigenvalue weighted by atomic mass is 32.2. The third kappa shape index (κ3) is 4.97. The molecule has 1 amide bonds. The second kappa shape index (κ2) is 9.35. The normalized spacial score (nSPS) is 14.9. The average molecular weight is 436 g/mol. The van der Waals surface area contributed by atoms with Crippen LogP contribution >= 0.6 is 0 Å². The average Bonchev–Trinajstić information content (AvgIpc) is 2.84. The first-order valence-electron chi connectivity index (χ1n) is 10.4. The van der Waals surface area contributed by atoms with Gasteiger partial charge in [-0.3, -0.25) is 4.79 Å². The zero-order valence-electron chi connectivity index (χ0n) is 17.2. The molecule has 0 N–H and O–H groups in total. The molecule has 0 saturated carbocycles. The van der Waals surface area contributed by atoms with Crippen molar-refractivity contribution in [2.75, 3.05) is 19.7 Å². The molecular formula is C25H25NO4S. The Bertz CT molecular complexity index is 1110. The minimum atomic E-state index is -3.36. The van der Waals surface area contributed by atoms with Crippen LogP contribution in [0.2, 0.25) is 0 Å². The van der Waals surface area contributed by atoms with E-state index in [-0.39, 0.29) is 12.5 Å². The molecule has 5 nitrogen and oxygen atoms in total. The zero-order valence-corrected chi connectivity index (χ0v) is 18.0. The van der Waals surface area contributed by atoms with E-state index in [2.05, 4.69) is 0 Å². The number of sulfone groups is 1. The minimum absolute atomic E-state index is 0.0548. The van der Waals surface area contributed by atoms with Gasteiger partial charge in [-0.2, -0.15) is 0 Å². The van der Waals surface area contributed by atoms with Gasteiger partial charge in [-0.25, -0.2) is 8.42 Å². The smallest absolute Gasteiger partial charge is 0.260 e. The van der Waals surface area contributed by atoms with Crippen LogP contribution in [0.4, 0.5) is 0 Å². The first-order valence-corrected chi connectivity index (χ1v) is 11.9. The summed E-state index contributed by atoms with van der Waals surface area (Å²) in [4.78, 5) is 14.6. The van der Waals surface area contributed by atoms with Crippen LogP contribution in [-0.2, 0) is 14.6 Å². The van der Waals surface area contributed by atoms with Gasteiger partial charge in [0.25, 0.3) is 5.91 Å². The predicted octanol–water partition coefficient (Wildman–Crippen LogP) is 4.20. The zero-order chi connectivity index (χ0) is 21.7. The van der Waals surface area contributed by atoms with Crippen molar-refractivity contribution in [1.82, 2.24) is 4.90 Å². The summed E-state index contributed by atoms with van der Waals surface area (Å²) in [6.45, 7) is 0.790. The first-order chi connectivity index (χ1) is 15.0. The fourth-order valence-corrected chi connectivity index (χ4v) is 5.58. The number of rotatable bonds is 6. The summed E-state index contributed by atoms with van der Waals surface area (Å²) in [6, 6.07) is 26.2. The van der Waals surface area contributed by atoms with Crippen molar-refractivity contribution >= 4 is 15.7 Å². The number of carbonyl (C=O) groups is 1. The molecule has 0 unspecified atom stereocenters. The molecule has 1 aliphatic rings. The number of amides is 1. The van der Waals surface area contributed by atoms with Crippen LogP contribution in [0.3, 0.4) is 0 Å². The number of benzene rings is 3. The number of carbonyl (C=O) groups excluding carboxylic acids is 1. The molecule has 1 aliphatic heterocycles. The largest absolute Gasteiger partial charge is 0.484 e. The molecule has 6 heteroatoms. The number of ether oxygens (including phenoxy) is 1. The second-order valence-corrected chi connectivity index (χ2v) is 9.85. The number of piperidine rings is 1. The van der Waals surface area contributed by atoms with E-state index in [4.69, 9.17) is 4.74 Å². The van der Waals surface area contributed by atoms with E-state index in [0.29, 0.717) is 36.6 Å². The van der Waals surface area contributed by atoms with Crippen LogP contribution < -0.4 is 4.74 Å². The molecule has 0 bridgehead atoms. The minimum Gasteiger partial charge on any atom is -0.484 e. The number of nitrogens with zero attached hydrogens (tertiary/aromatic N) is 1. The van der Waals surface area contributed by atoms with E-state index in [1.165, 1.54) is 0 Å². The lowest BCUT2D eigenvalue weighted by Crippen LogP contribution is -2.44. The Labute approximate surface area is 183 Å². The first kappa shape index (κ1) is 21.1. The Morgan fingerprint density at radius 3 is 1.97 bits per heavy atom. The summed E-state index contributed by atoms with van der Waals surface area (Å²) >= 11 is 0. The van der Waals surface area contributed by atoms with Crippen molar-refractivity contribution in [2.45, 2.75) is 23.0 Å². The highest BCUT2D eigenvalue weighted by molar-refractivity contribution is 7.92. The maximum absolute atomic E-state index is 12.8.